The predicted octanol–water partition coefficient (Wildman–Crippen LogP) is 3.41. The fraction of sp³-hybridized carbons (Fsp3) is 0.619. The molecule has 4 heteroatoms. The van der Waals surface area contributed by atoms with Crippen molar-refractivity contribution < 1.29 is 14.6 Å². The van der Waals surface area contributed by atoms with Crippen LogP contribution in [-0.2, 0) is 12.0 Å². The molecule has 0 amide bonds. The second kappa shape index (κ2) is 6.33. The van der Waals surface area contributed by atoms with Crippen LogP contribution in [0, 0.1) is 0 Å². The molecule has 1 aliphatic carbocycles. The summed E-state index contributed by atoms with van der Waals surface area (Å²) in [6.45, 7) is 6.28. The van der Waals surface area contributed by atoms with E-state index in [0.29, 0.717) is 6.42 Å². The first-order chi connectivity index (χ1) is 12.1. The topological polar surface area (TPSA) is 41.9 Å². The van der Waals surface area contributed by atoms with E-state index in [1.165, 1.54) is 11.1 Å². The van der Waals surface area contributed by atoms with Crippen LogP contribution in [0.5, 0.6) is 11.5 Å². The Kier molecular flexibility index (Phi) is 4.28. The Bertz CT molecular complexity index is 682. The normalized spacial score (nSPS) is 30.6. The molecule has 0 saturated heterocycles. The fourth-order valence-electron chi connectivity index (χ4n) is 4.64. The number of nitrogens with zero attached hydrogens (tertiary/aromatic N) is 1. The third-order valence-corrected chi connectivity index (χ3v) is 6.13. The van der Waals surface area contributed by atoms with Gasteiger partial charge >= 0.3 is 0 Å². The first kappa shape index (κ1) is 16.9. The Hall–Kier alpha value is -1.52. The maximum atomic E-state index is 10.1. The molecule has 3 aliphatic rings. The summed E-state index contributed by atoms with van der Waals surface area (Å²) in [5.74, 6) is 1.79. The molecule has 3 atom stereocenters. The van der Waals surface area contributed by atoms with E-state index in [2.05, 4.69) is 44.0 Å². The van der Waals surface area contributed by atoms with Crippen molar-refractivity contribution in [2.45, 2.75) is 69.8 Å². The van der Waals surface area contributed by atoms with Gasteiger partial charge in [-0.3, -0.25) is 0 Å². The van der Waals surface area contributed by atoms with Gasteiger partial charge in [0.15, 0.2) is 11.5 Å². The van der Waals surface area contributed by atoms with Gasteiger partial charge in [-0.25, -0.2) is 0 Å². The number of aliphatic hydroxyl groups excluding tert-OH is 1. The monoisotopic (exact) mass is 343 g/mol. The van der Waals surface area contributed by atoms with E-state index in [4.69, 9.17) is 9.47 Å². The average molecular weight is 343 g/mol. The lowest BCUT2D eigenvalue weighted by atomic mass is 9.69. The number of aliphatic hydroxyl groups is 1. The van der Waals surface area contributed by atoms with Crippen molar-refractivity contribution in [3.8, 4) is 11.5 Å². The van der Waals surface area contributed by atoms with E-state index in [-0.39, 0.29) is 17.6 Å². The van der Waals surface area contributed by atoms with Crippen molar-refractivity contribution in [1.82, 2.24) is 4.90 Å². The molecule has 0 unspecified atom stereocenters. The summed E-state index contributed by atoms with van der Waals surface area (Å²) in [6, 6.07) is 4.29. The maximum absolute atomic E-state index is 10.1. The smallest absolute Gasteiger partial charge is 0.166 e. The summed E-state index contributed by atoms with van der Waals surface area (Å²) in [5.41, 5.74) is 2.51. The van der Waals surface area contributed by atoms with Gasteiger partial charge in [-0.05, 0) is 44.5 Å². The molecule has 25 heavy (non-hydrogen) atoms. The molecule has 1 aromatic rings. The van der Waals surface area contributed by atoms with Crippen molar-refractivity contribution in [3.63, 3.8) is 0 Å². The summed E-state index contributed by atoms with van der Waals surface area (Å²) in [6.07, 6.45) is 7.61. The number of hydrogen-bond donors (Lipinski definition) is 1. The molecule has 1 aromatic carbocycles. The molecule has 1 N–H and O–H groups in total. The number of benzene rings is 1. The highest BCUT2D eigenvalue weighted by Gasteiger charge is 2.52. The molecular weight excluding hydrogens is 314 g/mol. The minimum atomic E-state index is -0.419. The molecular formula is C21H29NO3. The summed E-state index contributed by atoms with van der Waals surface area (Å²) in [5, 5.41) is 10.1. The van der Waals surface area contributed by atoms with Gasteiger partial charge in [-0.1, -0.05) is 32.1 Å². The lowest BCUT2D eigenvalue weighted by Crippen LogP contribution is -2.42. The Labute approximate surface area is 150 Å². The largest absolute Gasteiger partial charge is 0.487 e. The summed E-state index contributed by atoms with van der Waals surface area (Å²) < 4.78 is 12.8. The maximum Gasteiger partial charge on any atom is 0.166 e. The highest BCUT2D eigenvalue weighted by molar-refractivity contribution is 5.61. The van der Waals surface area contributed by atoms with E-state index in [0.717, 1.165) is 43.9 Å². The van der Waals surface area contributed by atoms with Gasteiger partial charge in [0.05, 0.1) is 17.6 Å². The van der Waals surface area contributed by atoms with Crippen LogP contribution in [0.2, 0.25) is 0 Å². The average Bonchev–Trinajstić information content (AvgIpc) is 2.86. The second-order valence-corrected chi connectivity index (χ2v) is 7.78. The van der Waals surface area contributed by atoms with E-state index in [1.807, 2.05) is 6.08 Å². The van der Waals surface area contributed by atoms with Crippen molar-refractivity contribution in [1.29, 1.82) is 0 Å². The van der Waals surface area contributed by atoms with Crippen LogP contribution in [0.1, 0.15) is 50.7 Å². The quantitative estimate of drug-likeness (QED) is 0.851. The molecule has 0 radical (unpaired) electrons. The summed E-state index contributed by atoms with van der Waals surface area (Å²) in [7, 11) is 2.18. The molecule has 0 bridgehead atoms. The summed E-state index contributed by atoms with van der Waals surface area (Å²) in [4.78, 5) is 2.38. The third-order valence-electron chi connectivity index (χ3n) is 6.13. The lowest BCUT2D eigenvalue weighted by molar-refractivity contribution is 0.0799. The van der Waals surface area contributed by atoms with Crippen molar-refractivity contribution >= 4 is 0 Å². The van der Waals surface area contributed by atoms with Crippen molar-refractivity contribution in [2.24, 2.45) is 0 Å². The van der Waals surface area contributed by atoms with Crippen LogP contribution in [0.25, 0.3) is 0 Å². The molecule has 2 aliphatic heterocycles. The minimum Gasteiger partial charge on any atom is -0.487 e. The van der Waals surface area contributed by atoms with Gasteiger partial charge < -0.3 is 19.5 Å². The molecule has 136 valence electrons. The minimum absolute atomic E-state index is 0.000738. The van der Waals surface area contributed by atoms with E-state index >= 15 is 0 Å². The van der Waals surface area contributed by atoms with Crippen LogP contribution < -0.4 is 9.47 Å². The molecule has 2 heterocycles. The van der Waals surface area contributed by atoms with Crippen LogP contribution in [0.3, 0.4) is 0 Å². The van der Waals surface area contributed by atoms with E-state index < -0.39 is 6.10 Å². The Morgan fingerprint density at radius 3 is 2.92 bits per heavy atom. The summed E-state index contributed by atoms with van der Waals surface area (Å²) >= 11 is 0. The number of hydrogen-bond acceptors (Lipinski definition) is 4. The molecule has 0 aromatic heterocycles. The molecule has 1 spiro atoms. The first-order valence-electron chi connectivity index (χ1n) is 9.63. The highest BCUT2D eigenvalue weighted by Crippen LogP contribution is 2.55. The Morgan fingerprint density at radius 2 is 2.16 bits per heavy atom. The fourth-order valence-corrected chi connectivity index (χ4v) is 4.64. The zero-order valence-corrected chi connectivity index (χ0v) is 15.5. The number of ether oxygens (including phenoxy) is 2. The van der Waals surface area contributed by atoms with Gasteiger partial charge in [0, 0.05) is 18.5 Å². The van der Waals surface area contributed by atoms with Crippen LogP contribution in [-0.4, -0.2) is 41.9 Å². The molecule has 0 fully saturated rings. The van der Waals surface area contributed by atoms with Gasteiger partial charge in [0.1, 0.15) is 6.10 Å². The molecule has 4 rings (SSSR count). The van der Waals surface area contributed by atoms with Gasteiger partial charge in [0.2, 0.25) is 0 Å². The second-order valence-electron chi connectivity index (χ2n) is 7.78. The van der Waals surface area contributed by atoms with Gasteiger partial charge in [-0.15, -0.1) is 0 Å². The third kappa shape index (κ3) is 2.67. The van der Waals surface area contributed by atoms with E-state index in [1.54, 1.807) is 0 Å². The van der Waals surface area contributed by atoms with Crippen LogP contribution >= 0.6 is 0 Å². The van der Waals surface area contributed by atoms with E-state index in [9.17, 15) is 5.11 Å². The lowest BCUT2D eigenvalue weighted by Gasteiger charge is -2.35. The Balaban J connectivity index is 1.83. The molecule has 0 saturated carbocycles. The van der Waals surface area contributed by atoms with Crippen molar-refractivity contribution in [2.75, 3.05) is 13.6 Å². The van der Waals surface area contributed by atoms with Crippen LogP contribution in [0.4, 0.5) is 0 Å². The standard InChI is InChI=1S/C21H29NO3/c1-4-16(5-2)24-17-7-6-14-13-22(3)11-10-21-9-8-15(23)12-18(21)25-20(17)19(14)21/h6-9,15-16,18,23H,4-5,10-13H2,1-3H3/t15-,18-,21-/m0/s1. The zero-order valence-electron chi connectivity index (χ0n) is 15.5. The van der Waals surface area contributed by atoms with Crippen molar-refractivity contribution in [3.05, 3.63) is 35.4 Å². The number of rotatable bonds is 4. The SMILES string of the molecule is CCC(CC)Oc1ccc2c3c1O[C@H]1C[C@@H](O)C=C[C@@]31CCN(C)C2. The highest BCUT2D eigenvalue weighted by atomic mass is 16.5. The Morgan fingerprint density at radius 1 is 1.36 bits per heavy atom. The predicted molar refractivity (Wildman–Crippen MR) is 98.2 cm³/mol. The van der Waals surface area contributed by atoms with Gasteiger partial charge in [0.25, 0.3) is 0 Å². The van der Waals surface area contributed by atoms with Crippen LogP contribution in [0.15, 0.2) is 24.3 Å². The van der Waals surface area contributed by atoms with Gasteiger partial charge in [-0.2, -0.15) is 0 Å². The first-order valence-corrected chi connectivity index (χ1v) is 9.63. The zero-order chi connectivity index (χ0) is 17.6. The molecule has 4 nitrogen and oxygen atoms in total.